The zero-order valence-corrected chi connectivity index (χ0v) is 37.2. The molecule has 0 aliphatic carbocycles. The summed E-state index contributed by atoms with van der Waals surface area (Å²) < 4.78 is 0. The van der Waals surface area contributed by atoms with Crippen molar-refractivity contribution in [2.24, 2.45) is 0 Å². The molecule has 60 heavy (non-hydrogen) atoms. The zero-order valence-electron chi connectivity index (χ0n) is 37.2. The van der Waals surface area contributed by atoms with E-state index < -0.39 is 23.9 Å². The molecule has 12 heteroatoms. The second kappa shape index (κ2) is 28.1. The van der Waals surface area contributed by atoms with Gasteiger partial charge >= 0.3 is 23.9 Å². The second-order valence-corrected chi connectivity index (χ2v) is 16.5. The van der Waals surface area contributed by atoms with Crippen LogP contribution >= 0.6 is 0 Å². The standard InChI is InChI=1S/2C11H14O2.2C8H8O2.2C5H12O2/c2*1-11(2,3)9-6-4-8(5-7-9)10(12)13;2*1-6-2-4-7(5-3-6)8(9)10;2*1-4(6)3-5(2)7/h2*4-7H,1-3H3,(H,12,13);2*2-5H,1H3,(H,9,10);2*4-7H,3H2,1-2H3. The quantitative estimate of drug-likeness (QED) is 0.0831. The van der Waals surface area contributed by atoms with Crippen LogP contribution in [0.4, 0.5) is 0 Å². The summed E-state index contributed by atoms with van der Waals surface area (Å²) in [4.78, 5) is 41.7. The predicted molar refractivity (Wildman–Crippen MR) is 236 cm³/mol. The normalized spacial score (nSPS) is 12.4. The lowest BCUT2D eigenvalue weighted by atomic mass is 9.87. The Hall–Kier alpha value is -5.40. The number of aromatic carboxylic acids is 4. The zero-order chi connectivity index (χ0) is 47.0. The van der Waals surface area contributed by atoms with Gasteiger partial charge in [0, 0.05) is 0 Å². The van der Waals surface area contributed by atoms with E-state index in [1.165, 1.54) is 0 Å². The van der Waals surface area contributed by atoms with Crippen molar-refractivity contribution >= 4 is 23.9 Å². The summed E-state index contributed by atoms with van der Waals surface area (Å²) in [6.45, 7) is 23.1. The van der Waals surface area contributed by atoms with Gasteiger partial charge in [0.2, 0.25) is 0 Å². The molecule has 8 N–H and O–H groups in total. The van der Waals surface area contributed by atoms with Crippen LogP contribution in [-0.4, -0.2) is 89.1 Å². The molecule has 0 bridgehead atoms. The average Bonchev–Trinajstić information content (AvgIpc) is 3.11. The number of aliphatic hydroxyl groups is 4. The third-order valence-corrected chi connectivity index (χ3v) is 7.96. The molecule has 12 nitrogen and oxygen atoms in total. The Balaban J connectivity index is 0. The third kappa shape index (κ3) is 28.1. The van der Waals surface area contributed by atoms with Crippen molar-refractivity contribution in [2.45, 2.75) is 131 Å². The number of carbonyl (C=O) groups is 4. The highest BCUT2D eigenvalue weighted by Crippen LogP contribution is 2.23. The summed E-state index contributed by atoms with van der Waals surface area (Å²) in [6.07, 6.45) is -0.556. The number of hydrogen-bond donors (Lipinski definition) is 8. The summed E-state index contributed by atoms with van der Waals surface area (Å²) in [6, 6.07) is 27.5. The minimum absolute atomic E-state index is 0.0804. The lowest BCUT2D eigenvalue weighted by molar-refractivity contribution is 0.0686. The van der Waals surface area contributed by atoms with Gasteiger partial charge < -0.3 is 40.9 Å². The van der Waals surface area contributed by atoms with Gasteiger partial charge in [-0.2, -0.15) is 0 Å². The number of aliphatic hydroxyl groups excluding tert-OH is 4. The predicted octanol–water partition coefficient (Wildman–Crippen LogP) is 9.03. The Morgan fingerprint density at radius 1 is 0.383 bits per heavy atom. The Bertz CT molecular complexity index is 1660. The van der Waals surface area contributed by atoms with E-state index in [4.69, 9.17) is 40.9 Å². The maximum absolute atomic E-state index is 10.6. The third-order valence-electron chi connectivity index (χ3n) is 7.96. The SMILES string of the molecule is CC(C)(C)c1ccc(C(=O)O)cc1.CC(C)(C)c1ccc(C(=O)O)cc1.CC(O)CC(C)O.CC(O)CC(C)O.Cc1ccc(C(=O)O)cc1.Cc1ccc(C(=O)O)cc1. The van der Waals surface area contributed by atoms with Gasteiger partial charge in [-0.05, 0) is 125 Å². The van der Waals surface area contributed by atoms with Crippen LogP contribution in [0.15, 0.2) is 97.1 Å². The summed E-state index contributed by atoms with van der Waals surface area (Å²) >= 11 is 0. The molecule has 4 atom stereocenters. The Morgan fingerprint density at radius 2 is 0.550 bits per heavy atom. The molecule has 0 saturated carbocycles. The van der Waals surface area contributed by atoms with E-state index in [1.807, 2.05) is 38.1 Å². The van der Waals surface area contributed by atoms with Crippen LogP contribution in [0.5, 0.6) is 0 Å². The molecule has 0 radical (unpaired) electrons. The maximum atomic E-state index is 10.6. The monoisotopic (exact) mass is 836 g/mol. The van der Waals surface area contributed by atoms with Gasteiger partial charge in [-0.1, -0.05) is 101 Å². The molecular formula is C48H68O12. The summed E-state index contributed by atoms with van der Waals surface area (Å²) in [5, 5.41) is 68.6. The van der Waals surface area contributed by atoms with E-state index in [0.717, 1.165) is 22.3 Å². The van der Waals surface area contributed by atoms with Crippen molar-refractivity contribution in [2.75, 3.05) is 0 Å². The molecule has 0 aliphatic heterocycles. The van der Waals surface area contributed by atoms with Crippen molar-refractivity contribution in [1.29, 1.82) is 0 Å². The Kier molecular flexibility index (Phi) is 26.6. The summed E-state index contributed by atoms with van der Waals surface area (Å²) in [5.41, 5.74) is 5.97. The van der Waals surface area contributed by atoms with Gasteiger partial charge in [-0.25, -0.2) is 19.2 Å². The molecule has 332 valence electrons. The highest BCUT2D eigenvalue weighted by molar-refractivity contribution is 5.88. The molecule has 4 unspecified atom stereocenters. The molecule has 0 aliphatic rings. The van der Waals surface area contributed by atoms with E-state index in [2.05, 4.69) is 41.5 Å². The average molecular weight is 837 g/mol. The van der Waals surface area contributed by atoms with Gasteiger partial charge in [-0.3, -0.25) is 0 Å². The Morgan fingerprint density at radius 3 is 0.667 bits per heavy atom. The summed E-state index contributed by atoms with van der Waals surface area (Å²) in [5.74, 6) is -3.50. The van der Waals surface area contributed by atoms with Crippen molar-refractivity contribution in [3.63, 3.8) is 0 Å². The van der Waals surface area contributed by atoms with Gasteiger partial charge in [0.05, 0.1) is 46.7 Å². The lowest BCUT2D eigenvalue weighted by Crippen LogP contribution is -2.11. The van der Waals surface area contributed by atoms with Crippen molar-refractivity contribution in [3.05, 3.63) is 142 Å². The summed E-state index contributed by atoms with van der Waals surface area (Å²) in [7, 11) is 0. The number of rotatable bonds is 8. The largest absolute Gasteiger partial charge is 0.478 e. The first kappa shape index (κ1) is 56.7. The molecule has 0 saturated heterocycles. The molecule has 0 aromatic heterocycles. The topological polar surface area (TPSA) is 230 Å². The highest BCUT2D eigenvalue weighted by atomic mass is 16.4. The van der Waals surface area contributed by atoms with Crippen LogP contribution in [0.1, 0.15) is 146 Å². The van der Waals surface area contributed by atoms with Crippen LogP contribution in [0, 0.1) is 13.8 Å². The molecule has 0 spiro atoms. The molecule has 4 aromatic carbocycles. The smallest absolute Gasteiger partial charge is 0.335 e. The first-order chi connectivity index (χ1) is 27.5. The van der Waals surface area contributed by atoms with Gasteiger partial charge in [0.25, 0.3) is 0 Å². The van der Waals surface area contributed by atoms with Crippen molar-refractivity contribution < 1.29 is 60.0 Å². The maximum Gasteiger partial charge on any atom is 0.335 e. The molecule has 4 aromatic rings. The fourth-order valence-corrected chi connectivity index (χ4v) is 4.61. The first-order valence-corrected chi connectivity index (χ1v) is 19.5. The van der Waals surface area contributed by atoms with E-state index >= 15 is 0 Å². The number of benzene rings is 4. The minimum atomic E-state index is -0.875. The number of aryl methyl sites for hydroxylation is 2. The van der Waals surface area contributed by atoms with Gasteiger partial charge in [-0.15, -0.1) is 0 Å². The van der Waals surface area contributed by atoms with Crippen molar-refractivity contribution in [1.82, 2.24) is 0 Å². The van der Waals surface area contributed by atoms with E-state index in [9.17, 15) is 19.2 Å². The van der Waals surface area contributed by atoms with E-state index in [0.29, 0.717) is 35.1 Å². The fourth-order valence-electron chi connectivity index (χ4n) is 4.61. The Labute approximate surface area is 355 Å². The van der Waals surface area contributed by atoms with Gasteiger partial charge in [0.1, 0.15) is 0 Å². The highest BCUT2D eigenvalue weighted by Gasteiger charge is 2.14. The molecular weight excluding hydrogens is 769 g/mol. The number of hydrogen-bond acceptors (Lipinski definition) is 8. The number of carboxylic acids is 4. The van der Waals surface area contributed by atoms with Crippen LogP contribution < -0.4 is 0 Å². The van der Waals surface area contributed by atoms with E-state index in [1.54, 1.807) is 100 Å². The van der Waals surface area contributed by atoms with Crippen LogP contribution in [0.25, 0.3) is 0 Å². The van der Waals surface area contributed by atoms with Crippen LogP contribution in [-0.2, 0) is 10.8 Å². The molecule has 4 rings (SSSR count). The van der Waals surface area contributed by atoms with Gasteiger partial charge in [0.15, 0.2) is 0 Å². The van der Waals surface area contributed by atoms with Crippen molar-refractivity contribution in [3.8, 4) is 0 Å². The number of carboxylic acid groups (broad SMARTS) is 4. The molecule has 0 amide bonds. The molecule has 0 heterocycles. The first-order valence-electron chi connectivity index (χ1n) is 19.5. The molecule has 0 fully saturated rings. The second-order valence-electron chi connectivity index (χ2n) is 16.5. The minimum Gasteiger partial charge on any atom is -0.478 e. The van der Waals surface area contributed by atoms with E-state index in [-0.39, 0.29) is 35.2 Å². The van der Waals surface area contributed by atoms with Crippen LogP contribution in [0.3, 0.4) is 0 Å². The van der Waals surface area contributed by atoms with Crippen LogP contribution in [0.2, 0.25) is 0 Å². The fraction of sp³-hybridized carbons (Fsp3) is 0.417. The lowest BCUT2D eigenvalue weighted by Gasteiger charge is -2.18.